The molecule has 1 aromatic rings. The Balaban J connectivity index is 2.80. The minimum Gasteiger partial charge on any atom is -0.497 e. The predicted octanol–water partition coefficient (Wildman–Crippen LogP) is 2.56. The van der Waals surface area contributed by atoms with Gasteiger partial charge >= 0.3 is 0 Å². The maximum atomic E-state index is 12.7. The molecule has 0 aromatic heterocycles. The third-order valence-electron chi connectivity index (χ3n) is 5.60. The van der Waals surface area contributed by atoms with Crippen LogP contribution < -0.4 is 15.4 Å². The zero-order valence-electron chi connectivity index (χ0n) is 21.5. The van der Waals surface area contributed by atoms with Gasteiger partial charge in [-0.1, -0.05) is 39.8 Å². The lowest BCUT2D eigenvalue weighted by molar-refractivity contribution is -0.122. The Kier molecular flexibility index (Phi) is 14.4. The van der Waals surface area contributed by atoms with Gasteiger partial charge in [-0.2, -0.15) is 0 Å². The van der Waals surface area contributed by atoms with Gasteiger partial charge in [0.2, 0.25) is 15.9 Å². The van der Waals surface area contributed by atoms with Crippen molar-refractivity contribution in [3.8, 4) is 5.75 Å². The summed E-state index contributed by atoms with van der Waals surface area (Å²) < 4.78 is 32.0. The van der Waals surface area contributed by atoms with E-state index < -0.39 is 22.2 Å². The number of rotatable bonds is 18. The van der Waals surface area contributed by atoms with Crippen LogP contribution in [0.4, 0.5) is 0 Å². The van der Waals surface area contributed by atoms with Gasteiger partial charge in [0.25, 0.3) is 0 Å². The molecule has 0 spiro atoms. The van der Waals surface area contributed by atoms with E-state index in [4.69, 9.17) is 4.74 Å². The molecule has 3 N–H and O–H groups in total. The third-order valence-corrected chi connectivity index (χ3v) is 7.48. The lowest BCUT2D eigenvalue weighted by atomic mass is 10.0. The fourth-order valence-corrected chi connectivity index (χ4v) is 5.22. The fraction of sp³-hybridized carbons (Fsp3) is 0.720. The van der Waals surface area contributed by atoms with E-state index in [-0.39, 0.29) is 18.1 Å². The van der Waals surface area contributed by atoms with Crippen LogP contribution in [0.3, 0.4) is 0 Å². The minimum absolute atomic E-state index is 0.140. The maximum Gasteiger partial charge on any atom is 0.221 e. The first-order valence-corrected chi connectivity index (χ1v) is 14.0. The number of hydrogen-bond donors (Lipinski definition) is 3. The molecule has 0 unspecified atom stereocenters. The van der Waals surface area contributed by atoms with Crippen LogP contribution in [0.2, 0.25) is 0 Å². The van der Waals surface area contributed by atoms with Crippen molar-refractivity contribution in [3.05, 3.63) is 29.8 Å². The zero-order chi connectivity index (χ0) is 25.6. The molecule has 9 heteroatoms. The smallest absolute Gasteiger partial charge is 0.221 e. The highest BCUT2D eigenvalue weighted by Crippen LogP contribution is 2.14. The van der Waals surface area contributed by atoms with Crippen LogP contribution in [0.5, 0.6) is 5.75 Å². The molecule has 2 atom stereocenters. The Morgan fingerprint density at radius 3 is 2.26 bits per heavy atom. The largest absolute Gasteiger partial charge is 0.497 e. The van der Waals surface area contributed by atoms with Gasteiger partial charge in [-0.05, 0) is 55.8 Å². The second kappa shape index (κ2) is 16.1. The first-order chi connectivity index (χ1) is 16.1. The number of benzene rings is 1. The molecule has 0 heterocycles. The van der Waals surface area contributed by atoms with Crippen LogP contribution >= 0.6 is 0 Å². The topological polar surface area (TPSA) is 108 Å². The van der Waals surface area contributed by atoms with Gasteiger partial charge < -0.3 is 20.5 Å². The molecular formula is C25H45N3O5S. The second-order valence-corrected chi connectivity index (χ2v) is 11.2. The van der Waals surface area contributed by atoms with Gasteiger partial charge in [0.1, 0.15) is 5.75 Å². The van der Waals surface area contributed by atoms with E-state index in [1.54, 1.807) is 7.11 Å². The van der Waals surface area contributed by atoms with Crippen molar-refractivity contribution >= 4 is 15.9 Å². The Labute approximate surface area is 206 Å². The molecule has 1 rings (SSSR count). The maximum absolute atomic E-state index is 12.7. The summed E-state index contributed by atoms with van der Waals surface area (Å²) in [6.07, 6.45) is 1.92. The van der Waals surface area contributed by atoms with Crippen LogP contribution in [0, 0.1) is 5.92 Å². The lowest BCUT2D eigenvalue weighted by Crippen LogP contribution is -2.49. The van der Waals surface area contributed by atoms with Crippen molar-refractivity contribution < 1.29 is 23.1 Å². The molecule has 34 heavy (non-hydrogen) atoms. The van der Waals surface area contributed by atoms with Crippen molar-refractivity contribution in [3.63, 3.8) is 0 Å². The number of amides is 1. The van der Waals surface area contributed by atoms with Crippen LogP contribution in [0.25, 0.3) is 0 Å². The molecule has 0 aliphatic carbocycles. The predicted molar refractivity (Wildman–Crippen MR) is 138 cm³/mol. The number of hydrogen-bond acceptors (Lipinski definition) is 6. The van der Waals surface area contributed by atoms with E-state index in [1.165, 1.54) is 4.31 Å². The molecule has 0 saturated heterocycles. The van der Waals surface area contributed by atoms with Crippen molar-refractivity contribution in [1.29, 1.82) is 0 Å². The average Bonchev–Trinajstić information content (AvgIpc) is 2.80. The number of aliphatic hydroxyl groups excluding tert-OH is 1. The normalized spacial score (nSPS) is 13.8. The van der Waals surface area contributed by atoms with Crippen LogP contribution in [0.1, 0.15) is 58.9 Å². The Bertz CT molecular complexity index is 793. The summed E-state index contributed by atoms with van der Waals surface area (Å²) in [5.41, 5.74) is 0.942. The molecule has 1 aromatic carbocycles. The number of sulfonamides is 1. The SMILES string of the molecule is CCCN(CCC)S(=O)(=O)CCC(=O)N[C@@H](Cc1ccc(OC)cc1)[C@@H](O)CNCCC(C)C. The van der Waals surface area contributed by atoms with Gasteiger partial charge in [-0.3, -0.25) is 4.79 Å². The highest BCUT2D eigenvalue weighted by atomic mass is 32.2. The van der Waals surface area contributed by atoms with Crippen LogP contribution in [-0.2, 0) is 21.2 Å². The van der Waals surface area contributed by atoms with E-state index in [0.29, 0.717) is 32.0 Å². The third kappa shape index (κ3) is 11.6. The van der Waals surface area contributed by atoms with Crippen molar-refractivity contribution in [2.75, 3.05) is 39.0 Å². The molecule has 1 amide bonds. The fourth-order valence-electron chi connectivity index (χ4n) is 3.60. The van der Waals surface area contributed by atoms with Crippen molar-refractivity contribution in [2.45, 2.75) is 71.9 Å². The molecule has 8 nitrogen and oxygen atoms in total. The molecular weight excluding hydrogens is 454 g/mol. The molecule has 0 bridgehead atoms. The highest BCUT2D eigenvalue weighted by Gasteiger charge is 2.25. The average molecular weight is 500 g/mol. The number of carbonyl (C=O) groups is 1. The number of ether oxygens (including phenoxy) is 1. The van der Waals surface area contributed by atoms with Crippen molar-refractivity contribution in [2.24, 2.45) is 5.92 Å². The minimum atomic E-state index is -3.51. The standard InChI is InChI=1S/C25H45N3O5S/c1-6-15-28(16-7-2)34(31,32)17-13-25(30)27-23(24(29)19-26-14-12-20(3)4)18-21-8-10-22(33-5)11-9-21/h8-11,20,23-24,26,29H,6-7,12-19H2,1-5H3,(H,27,30)/t23-,24-/m0/s1. The Morgan fingerprint density at radius 2 is 1.74 bits per heavy atom. The monoisotopic (exact) mass is 499 g/mol. The highest BCUT2D eigenvalue weighted by molar-refractivity contribution is 7.89. The molecule has 0 aliphatic heterocycles. The van der Waals surface area contributed by atoms with Gasteiger partial charge in [0.05, 0.1) is 25.0 Å². The quantitative estimate of drug-likeness (QED) is 0.268. The van der Waals surface area contributed by atoms with E-state index in [9.17, 15) is 18.3 Å². The summed E-state index contributed by atoms with van der Waals surface area (Å²) in [5.74, 6) is 0.670. The van der Waals surface area contributed by atoms with E-state index >= 15 is 0 Å². The second-order valence-electron chi connectivity index (χ2n) is 9.15. The van der Waals surface area contributed by atoms with Crippen LogP contribution in [0.15, 0.2) is 24.3 Å². The number of aliphatic hydroxyl groups is 1. The van der Waals surface area contributed by atoms with Gasteiger partial charge in [-0.15, -0.1) is 0 Å². The van der Waals surface area contributed by atoms with Gasteiger partial charge in [-0.25, -0.2) is 12.7 Å². The Hall–Kier alpha value is -1.68. The summed E-state index contributed by atoms with van der Waals surface area (Å²) in [4.78, 5) is 12.7. The van der Waals surface area contributed by atoms with E-state index in [0.717, 1.165) is 37.1 Å². The summed E-state index contributed by atoms with van der Waals surface area (Å²) in [5, 5.41) is 16.9. The molecule has 0 aliphatic rings. The molecule has 0 radical (unpaired) electrons. The summed E-state index contributed by atoms with van der Waals surface area (Å²) in [6.45, 7) is 10.2. The molecule has 196 valence electrons. The van der Waals surface area contributed by atoms with Crippen molar-refractivity contribution in [1.82, 2.24) is 14.9 Å². The zero-order valence-corrected chi connectivity index (χ0v) is 22.4. The summed E-state index contributed by atoms with van der Waals surface area (Å²) >= 11 is 0. The number of methoxy groups -OCH3 is 1. The first-order valence-electron chi connectivity index (χ1n) is 12.4. The summed E-state index contributed by atoms with van der Waals surface area (Å²) in [7, 11) is -1.91. The number of nitrogens with one attached hydrogen (secondary N) is 2. The lowest BCUT2D eigenvalue weighted by Gasteiger charge is -2.25. The molecule has 0 fully saturated rings. The molecule has 0 saturated carbocycles. The van der Waals surface area contributed by atoms with Crippen LogP contribution in [-0.4, -0.2) is 74.9 Å². The first kappa shape index (κ1) is 30.4. The van der Waals surface area contributed by atoms with E-state index in [1.807, 2.05) is 38.1 Å². The van der Waals surface area contributed by atoms with E-state index in [2.05, 4.69) is 24.5 Å². The number of nitrogens with zero attached hydrogens (tertiary/aromatic N) is 1. The number of carbonyl (C=O) groups excluding carboxylic acids is 1. The Morgan fingerprint density at radius 1 is 1.12 bits per heavy atom. The van der Waals surface area contributed by atoms with Gasteiger partial charge in [0, 0.05) is 26.1 Å². The summed E-state index contributed by atoms with van der Waals surface area (Å²) in [6, 6.07) is 6.93. The van der Waals surface area contributed by atoms with Gasteiger partial charge in [0.15, 0.2) is 0 Å².